The fourth-order valence-electron chi connectivity index (χ4n) is 4.32. The van der Waals surface area contributed by atoms with Crippen molar-refractivity contribution in [3.63, 3.8) is 0 Å². The first-order valence-corrected chi connectivity index (χ1v) is 11.1. The van der Waals surface area contributed by atoms with Crippen molar-refractivity contribution in [1.29, 1.82) is 0 Å². The molecule has 8 heteroatoms. The molecule has 0 radical (unpaired) electrons. The predicted octanol–water partition coefficient (Wildman–Crippen LogP) is 5.05. The van der Waals surface area contributed by atoms with E-state index in [-0.39, 0.29) is 11.4 Å². The van der Waals surface area contributed by atoms with Crippen LogP contribution in [0.15, 0.2) is 61.3 Å². The molecule has 5 rings (SSSR count). The highest BCUT2D eigenvalue weighted by Gasteiger charge is 2.40. The van der Waals surface area contributed by atoms with Gasteiger partial charge in [0.15, 0.2) is 5.13 Å². The van der Waals surface area contributed by atoms with E-state index in [0.717, 1.165) is 34.9 Å². The Kier molecular flexibility index (Phi) is 5.07. The molecule has 0 spiro atoms. The second kappa shape index (κ2) is 8.03. The normalized spacial score (nSPS) is 15.1. The van der Waals surface area contributed by atoms with Gasteiger partial charge >= 0.3 is 6.03 Å². The average Bonchev–Trinajstić information content (AvgIpc) is 3.56. The minimum atomic E-state index is -0.296. The van der Waals surface area contributed by atoms with E-state index in [1.165, 1.54) is 40.6 Å². The van der Waals surface area contributed by atoms with Crippen LogP contribution >= 0.6 is 11.3 Å². The molecule has 0 saturated heterocycles. The number of carbonyl (C=O) groups is 1. The fourth-order valence-corrected chi connectivity index (χ4v) is 5.24. The number of rotatable bonds is 4. The largest absolute Gasteiger partial charge is 0.333 e. The molecule has 7 nitrogen and oxygen atoms in total. The van der Waals surface area contributed by atoms with E-state index in [4.69, 9.17) is 9.97 Å². The molecule has 0 bridgehead atoms. The molecular weight excluding hydrogens is 408 g/mol. The Bertz CT molecular complexity index is 1200. The van der Waals surface area contributed by atoms with E-state index in [1.807, 2.05) is 25.3 Å². The van der Waals surface area contributed by atoms with Crippen molar-refractivity contribution in [3.8, 4) is 10.6 Å². The number of thiazole rings is 1. The van der Waals surface area contributed by atoms with Gasteiger partial charge in [0, 0.05) is 18.6 Å². The number of anilines is 1. The third-order valence-corrected chi connectivity index (χ3v) is 6.94. The van der Waals surface area contributed by atoms with Crippen LogP contribution in [-0.2, 0) is 5.41 Å². The Morgan fingerprint density at radius 3 is 2.65 bits per heavy atom. The van der Waals surface area contributed by atoms with Crippen molar-refractivity contribution >= 4 is 22.5 Å². The van der Waals surface area contributed by atoms with Crippen LogP contribution < -0.4 is 5.32 Å². The summed E-state index contributed by atoms with van der Waals surface area (Å²) in [6, 6.07) is 12.2. The Morgan fingerprint density at radius 1 is 1.10 bits per heavy atom. The van der Waals surface area contributed by atoms with E-state index in [1.54, 1.807) is 12.4 Å². The van der Waals surface area contributed by atoms with Crippen molar-refractivity contribution in [2.75, 3.05) is 5.32 Å². The van der Waals surface area contributed by atoms with Gasteiger partial charge in [0.1, 0.15) is 12.2 Å². The number of nitrogens with one attached hydrogen (secondary N) is 1. The first-order chi connectivity index (χ1) is 15.2. The summed E-state index contributed by atoms with van der Waals surface area (Å²) in [6.07, 6.45) is 10.9. The van der Waals surface area contributed by atoms with Crippen LogP contribution in [0, 0.1) is 6.92 Å². The van der Waals surface area contributed by atoms with E-state index < -0.39 is 0 Å². The summed E-state index contributed by atoms with van der Waals surface area (Å²) in [5.74, 6) is 0.866. The lowest BCUT2D eigenvalue weighted by molar-refractivity contribution is 0.253. The number of aromatic nitrogens is 5. The van der Waals surface area contributed by atoms with Gasteiger partial charge in [-0.2, -0.15) is 0 Å². The third-order valence-electron chi connectivity index (χ3n) is 5.85. The molecule has 1 amide bonds. The van der Waals surface area contributed by atoms with Crippen molar-refractivity contribution in [2.24, 2.45) is 0 Å². The van der Waals surface area contributed by atoms with E-state index in [2.05, 4.69) is 39.6 Å². The lowest BCUT2D eigenvalue weighted by Crippen LogP contribution is -2.26. The summed E-state index contributed by atoms with van der Waals surface area (Å²) >= 11 is 1.42. The zero-order valence-electron chi connectivity index (χ0n) is 17.2. The summed E-state index contributed by atoms with van der Waals surface area (Å²) in [5.41, 5.74) is 2.80. The van der Waals surface area contributed by atoms with Crippen molar-refractivity contribution in [2.45, 2.75) is 38.0 Å². The molecule has 0 atom stereocenters. The Morgan fingerprint density at radius 2 is 1.90 bits per heavy atom. The van der Waals surface area contributed by atoms with Gasteiger partial charge in [-0.15, -0.1) is 0 Å². The standard InChI is InChI=1S/C23H22N6OS/c1-16-19(31-21(26-16)28-22(30)29-14-13-24-15-29)18-9-12-25-20(27-18)23(10-5-6-11-23)17-7-3-2-4-8-17/h2-4,7-9,12-15H,5-6,10-11H2,1H3,(H,26,28,30). The van der Waals surface area contributed by atoms with Crippen LogP contribution in [0.2, 0.25) is 0 Å². The third kappa shape index (κ3) is 3.63. The molecule has 31 heavy (non-hydrogen) atoms. The summed E-state index contributed by atoms with van der Waals surface area (Å²) in [5, 5.41) is 3.36. The smallest absolute Gasteiger partial charge is 0.283 e. The molecule has 0 aliphatic heterocycles. The molecule has 1 saturated carbocycles. The second-order valence-electron chi connectivity index (χ2n) is 7.75. The molecule has 1 aliphatic carbocycles. The fraction of sp³-hybridized carbons (Fsp3) is 0.261. The number of hydrogen-bond donors (Lipinski definition) is 1. The Balaban J connectivity index is 1.48. The maximum atomic E-state index is 12.3. The summed E-state index contributed by atoms with van der Waals surface area (Å²) < 4.78 is 1.38. The van der Waals surface area contributed by atoms with Gasteiger partial charge in [0.2, 0.25) is 0 Å². The highest BCUT2D eigenvalue weighted by molar-refractivity contribution is 7.19. The van der Waals surface area contributed by atoms with Crippen LogP contribution in [0.1, 0.15) is 42.8 Å². The number of imidazole rings is 1. The van der Waals surface area contributed by atoms with Crippen LogP contribution in [-0.4, -0.2) is 30.5 Å². The monoisotopic (exact) mass is 430 g/mol. The minimum absolute atomic E-state index is 0.145. The lowest BCUT2D eigenvalue weighted by Gasteiger charge is -2.28. The van der Waals surface area contributed by atoms with Crippen LogP contribution in [0.5, 0.6) is 0 Å². The maximum Gasteiger partial charge on any atom is 0.333 e. The number of nitrogens with zero attached hydrogens (tertiary/aromatic N) is 5. The second-order valence-corrected chi connectivity index (χ2v) is 8.75. The molecule has 156 valence electrons. The Labute approximate surface area is 184 Å². The quantitative estimate of drug-likeness (QED) is 0.490. The van der Waals surface area contributed by atoms with Crippen LogP contribution in [0.3, 0.4) is 0 Å². The first-order valence-electron chi connectivity index (χ1n) is 10.3. The van der Waals surface area contributed by atoms with Gasteiger partial charge in [-0.05, 0) is 31.4 Å². The van der Waals surface area contributed by atoms with Gasteiger partial charge in [-0.1, -0.05) is 54.5 Å². The van der Waals surface area contributed by atoms with Crippen molar-refractivity contribution in [1.82, 2.24) is 24.5 Å². The predicted molar refractivity (Wildman–Crippen MR) is 120 cm³/mol. The maximum absolute atomic E-state index is 12.3. The van der Waals surface area contributed by atoms with Gasteiger partial charge in [0.25, 0.3) is 0 Å². The molecule has 4 aromatic rings. The minimum Gasteiger partial charge on any atom is -0.283 e. The zero-order valence-corrected chi connectivity index (χ0v) is 18.0. The molecule has 3 heterocycles. The van der Waals surface area contributed by atoms with Crippen molar-refractivity contribution in [3.05, 3.63) is 78.4 Å². The van der Waals surface area contributed by atoms with Crippen LogP contribution in [0.25, 0.3) is 10.6 Å². The molecular formula is C23H22N6OS. The highest BCUT2D eigenvalue weighted by atomic mass is 32.1. The molecule has 1 aliphatic rings. The molecule has 0 unspecified atom stereocenters. The van der Waals surface area contributed by atoms with E-state index >= 15 is 0 Å². The molecule has 3 aromatic heterocycles. The average molecular weight is 431 g/mol. The molecule has 1 N–H and O–H groups in total. The van der Waals surface area contributed by atoms with Crippen LogP contribution in [0.4, 0.5) is 9.93 Å². The number of carbonyl (C=O) groups excluding carboxylic acids is 1. The summed E-state index contributed by atoms with van der Waals surface area (Å²) in [6.45, 7) is 1.93. The number of benzene rings is 1. The van der Waals surface area contributed by atoms with E-state index in [0.29, 0.717) is 5.13 Å². The molecule has 1 fully saturated rings. The molecule has 1 aromatic carbocycles. The van der Waals surface area contributed by atoms with Gasteiger partial charge in [0.05, 0.1) is 21.7 Å². The van der Waals surface area contributed by atoms with Gasteiger partial charge in [-0.25, -0.2) is 24.7 Å². The number of hydrogen-bond acceptors (Lipinski definition) is 6. The zero-order chi connectivity index (χ0) is 21.3. The lowest BCUT2D eigenvalue weighted by atomic mass is 9.78. The topological polar surface area (TPSA) is 85.6 Å². The van der Waals surface area contributed by atoms with E-state index in [9.17, 15) is 4.79 Å². The van der Waals surface area contributed by atoms with Crippen molar-refractivity contribution < 1.29 is 4.79 Å². The summed E-state index contributed by atoms with van der Waals surface area (Å²) in [7, 11) is 0. The first kappa shape index (κ1) is 19.6. The van der Waals surface area contributed by atoms with Gasteiger partial charge in [-0.3, -0.25) is 9.88 Å². The SMILES string of the molecule is Cc1nc(NC(=O)n2ccnc2)sc1-c1ccnc(C2(c3ccccc3)CCCC2)n1. The number of amides is 1. The summed E-state index contributed by atoms with van der Waals surface area (Å²) in [4.78, 5) is 31.4. The Hall–Kier alpha value is -3.39. The number of aryl methyl sites for hydroxylation is 1. The highest BCUT2D eigenvalue weighted by Crippen LogP contribution is 2.45. The van der Waals surface area contributed by atoms with Gasteiger partial charge < -0.3 is 0 Å².